The van der Waals surface area contributed by atoms with Gasteiger partial charge in [-0.3, -0.25) is 4.98 Å². The van der Waals surface area contributed by atoms with Gasteiger partial charge in [-0.1, -0.05) is 12.5 Å². The van der Waals surface area contributed by atoms with Crippen molar-refractivity contribution in [3.8, 4) is 0 Å². The van der Waals surface area contributed by atoms with Gasteiger partial charge in [0.05, 0.1) is 0 Å². The van der Waals surface area contributed by atoms with Gasteiger partial charge in [0, 0.05) is 12.4 Å². The number of nitrogens with one attached hydrogen (secondary N) is 1. The first-order valence-electron chi connectivity index (χ1n) is 5.93. The lowest BCUT2D eigenvalue weighted by Gasteiger charge is -2.18. The number of nitrogens with zero attached hydrogens (tertiary/aromatic N) is 1. The van der Waals surface area contributed by atoms with Gasteiger partial charge in [0.15, 0.2) is 0 Å². The average Bonchev–Trinajstić information content (AvgIpc) is 2.68. The van der Waals surface area contributed by atoms with Crippen LogP contribution in [-0.4, -0.2) is 18.6 Å². The van der Waals surface area contributed by atoms with E-state index in [9.17, 15) is 0 Å². The highest BCUT2D eigenvalue weighted by molar-refractivity contribution is 5.10. The van der Waals surface area contributed by atoms with E-state index < -0.39 is 0 Å². The summed E-state index contributed by atoms with van der Waals surface area (Å²) >= 11 is 0. The summed E-state index contributed by atoms with van der Waals surface area (Å²) in [6.07, 6.45) is 9.25. The Hall–Kier alpha value is -0.890. The molecule has 1 aromatic rings. The molecular weight excluding hydrogens is 184 g/mol. The molecule has 2 nitrogen and oxygen atoms in total. The van der Waals surface area contributed by atoms with Crippen molar-refractivity contribution >= 4 is 0 Å². The Balaban J connectivity index is 1.93. The first-order valence-corrected chi connectivity index (χ1v) is 5.93. The Morgan fingerprint density at radius 1 is 1.40 bits per heavy atom. The van der Waals surface area contributed by atoms with Crippen molar-refractivity contribution in [2.24, 2.45) is 11.8 Å². The summed E-state index contributed by atoms with van der Waals surface area (Å²) in [5.41, 5.74) is 1.39. The lowest BCUT2D eigenvalue weighted by Crippen LogP contribution is -2.23. The molecular formula is C13H20N2. The van der Waals surface area contributed by atoms with Crippen molar-refractivity contribution in [1.82, 2.24) is 10.3 Å². The number of hydrogen-bond donors (Lipinski definition) is 1. The second-order valence-corrected chi connectivity index (χ2v) is 4.57. The summed E-state index contributed by atoms with van der Waals surface area (Å²) in [6.45, 7) is 1.17. The molecule has 0 spiro atoms. The largest absolute Gasteiger partial charge is 0.319 e. The zero-order chi connectivity index (χ0) is 10.5. The minimum Gasteiger partial charge on any atom is -0.319 e. The van der Waals surface area contributed by atoms with Crippen LogP contribution < -0.4 is 5.32 Å². The van der Waals surface area contributed by atoms with E-state index in [1.54, 1.807) is 0 Å². The van der Waals surface area contributed by atoms with Gasteiger partial charge in [0.25, 0.3) is 0 Å². The van der Waals surface area contributed by atoms with E-state index in [1.807, 2.05) is 18.5 Å². The van der Waals surface area contributed by atoms with Gasteiger partial charge in [0.1, 0.15) is 0 Å². The van der Waals surface area contributed by atoms with E-state index in [0.717, 1.165) is 11.8 Å². The van der Waals surface area contributed by atoms with Crippen LogP contribution in [0.4, 0.5) is 0 Å². The quantitative estimate of drug-likeness (QED) is 0.813. The zero-order valence-electron chi connectivity index (χ0n) is 9.45. The molecule has 15 heavy (non-hydrogen) atoms. The fourth-order valence-electron chi connectivity index (χ4n) is 2.73. The van der Waals surface area contributed by atoms with Crippen LogP contribution in [0.25, 0.3) is 0 Å². The summed E-state index contributed by atoms with van der Waals surface area (Å²) in [7, 11) is 2.06. The molecule has 1 aromatic heterocycles. The monoisotopic (exact) mass is 204 g/mol. The predicted molar refractivity (Wildman–Crippen MR) is 62.7 cm³/mol. The van der Waals surface area contributed by atoms with Crippen LogP contribution in [0.2, 0.25) is 0 Å². The summed E-state index contributed by atoms with van der Waals surface area (Å²) in [6, 6.07) is 4.24. The first kappa shape index (κ1) is 10.6. The molecule has 2 unspecified atom stereocenters. The molecule has 0 saturated heterocycles. The van der Waals surface area contributed by atoms with E-state index in [0.29, 0.717) is 0 Å². The van der Waals surface area contributed by atoms with Crippen LogP contribution >= 0.6 is 0 Å². The predicted octanol–water partition coefficient (Wildman–Crippen LogP) is 2.26. The Bertz CT molecular complexity index is 284. The molecule has 0 radical (unpaired) electrons. The maximum atomic E-state index is 4.18. The third-order valence-electron chi connectivity index (χ3n) is 3.50. The number of aromatic nitrogens is 1. The smallest absolute Gasteiger partial charge is 0.0299 e. The molecule has 2 heteroatoms. The molecule has 1 saturated carbocycles. The van der Waals surface area contributed by atoms with Gasteiger partial charge < -0.3 is 5.32 Å². The van der Waals surface area contributed by atoms with Gasteiger partial charge in [-0.05, 0) is 56.3 Å². The van der Waals surface area contributed by atoms with Crippen LogP contribution in [0.5, 0.6) is 0 Å². The molecule has 0 aliphatic heterocycles. The minimum atomic E-state index is 0.863. The zero-order valence-corrected chi connectivity index (χ0v) is 9.45. The summed E-state index contributed by atoms with van der Waals surface area (Å²) in [4.78, 5) is 4.18. The van der Waals surface area contributed by atoms with Crippen LogP contribution in [0.1, 0.15) is 24.8 Å². The van der Waals surface area contributed by atoms with E-state index in [4.69, 9.17) is 0 Å². The second kappa shape index (κ2) is 5.26. The Labute approximate surface area is 92.1 Å². The minimum absolute atomic E-state index is 0.863. The second-order valence-electron chi connectivity index (χ2n) is 4.57. The topological polar surface area (TPSA) is 24.9 Å². The third-order valence-corrected chi connectivity index (χ3v) is 3.50. The Morgan fingerprint density at radius 2 is 2.27 bits per heavy atom. The Morgan fingerprint density at radius 3 is 3.00 bits per heavy atom. The van der Waals surface area contributed by atoms with E-state index in [-0.39, 0.29) is 0 Å². The van der Waals surface area contributed by atoms with Crippen LogP contribution in [-0.2, 0) is 6.42 Å². The SMILES string of the molecule is CNCC1CCCC1Cc1cccnc1. The number of pyridine rings is 1. The first-order chi connectivity index (χ1) is 7.40. The normalized spacial score (nSPS) is 25.7. The highest BCUT2D eigenvalue weighted by Gasteiger charge is 2.26. The molecule has 1 fully saturated rings. The fraction of sp³-hybridized carbons (Fsp3) is 0.615. The Kier molecular flexibility index (Phi) is 3.73. The molecule has 0 bridgehead atoms. The third kappa shape index (κ3) is 2.78. The van der Waals surface area contributed by atoms with Crippen molar-refractivity contribution in [2.75, 3.05) is 13.6 Å². The van der Waals surface area contributed by atoms with Crippen molar-refractivity contribution in [3.63, 3.8) is 0 Å². The van der Waals surface area contributed by atoms with Gasteiger partial charge >= 0.3 is 0 Å². The van der Waals surface area contributed by atoms with Gasteiger partial charge in [-0.25, -0.2) is 0 Å². The van der Waals surface area contributed by atoms with Gasteiger partial charge in [-0.15, -0.1) is 0 Å². The molecule has 2 atom stereocenters. The van der Waals surface area contributed by atoms with E-state index in [1.165, 1.54) is 37.8 Å². The summed E-state index contributed by atoms with van der Waals surface area (Å²) in [5, 5.41) is 3.31. The highest BCUT2D eigenvalue weighted by Crippen LogP contribution is 2.33. The highest BCUT2D eigenvalue weighted by atomic mass is 14.8. The van der Waals surface area contributed by atoms with Crippen molar-refractivity contribution in [3.05, 3.63) is 30.1 Å². The molecule has 0 aromatic carbocycles. The number of rotatable bonds is 4. The van der Waals surface area contributed by atoms with Crippen molar-refractivity contribution in [1.29, 1.82) is 0 Å². The van der Waals surface area contributed by atoms with Crippen LogP contribution in [0, 0.1) is 11.8 Å². The van der Waals surface area contributed by atoms with Crippen molar-refractivity contribution in [2.45, 2.75) is 25.7 Å². The maximum Gasteiger partial charge on any atom is 0.0299 e. The van der Waals surface area contributed by atoms with Crippen LogP contribution in [0.3, 0.4) is 0 Å². The van der Waals surface area contributed by atoms with Gasteiger partial charge in [-0.2, -0.15) is 0 Å². The molecule has 82 valence electrons. The molecule has 1 aliphatic carbocycles. The fourth-order valence-corrected chi connectivity index (χ4v) is 2.73. The summed E-state index contributed by atoms with van der Waals surface area (Å²) in [5.74, 6) is 1.73. The van der Waals surface area contributed by atoms with Crippen molar-refractivity contribution < 1.29 is 0 Å². The molecule has 1 N–H and O–H groups in total. The molecule has 2 rings (SSSR count). The molecule has 0 amide bonds. The molecule has 1 aliphatic rings. The standard InChI is InChI=1S/C13H20N2/c1-14-10-13-6-2-5-12(13)8-11-4-3-7-15-9-11/h3-4,7,9,12-14H,2,5-6,8,10H2,1H3. The lowest BCUT2D eigenvalue weighted by atomic mass is 9.90. The average molecular weight is 204 g/mol. The maximum absolute atomic E-state index is 4.18. The molecule has 1 heterocycles. The van der Waals surface area contributed by atoms with Crippen LogP contribution in [0.15, 0.2) is 24.5 Å². The van der Waals surface area contributed by atoms with Gasteiger partial charge in [0.2, 0.25) is 0 Å². The van der Waals surface area contributed by atoms with E-state index in [2.05, 4.69) is 23.4 Å². The summed E-state index contributed by atoms with van der Waals surface area (Å²) < 4.78 is 0. The van der Waals surface area contributed by atoms with E-state index >= 15 is 0 Å². The number of hydrogen-bond acceptors (Lipinski definition) is 2. The lowest BCUT2D eigenvalue weighted by molar-refractivity contribution is 0.374.